The summed E-state index contributed by atoms with van der Waals surface area (Å²) in [6.45, 7) is 6.16. The molecule has 1 amide bonds. The molecule has 0 aliphatic carbocycles. The van der Waals surface area contributed by atoms with E-state index in [-0.39, 0.29) is 5.91 Å². The molecule has 1 unspecified atom stereocenters. The summed E-state index contributed by atoms with van der Waals surface area (Å²) >= 11 is 0. The molecule has 1 aromatic rings. The Morgan fingerprint density at radius 2 is 2.00 bits per heavy atom. The third-order valence-electron chi connectivity index (χ3n) is 5.16. The van der Waals surface area contributed by atoms with Crippen LogP contribution in [-0.2, 0) is 4.79 Å². The maximum atomic E-state index is 12.5. The van der Waals surface area contributed by atoms with Crippen molar-refractivity contribution in [3.05, 3.63) is 11.6 Å². The first kappa shape index (κ1) is 16.4. The molecular formula is C16H28N6O. The van der Waals surface area contributed by atoms with Crippen LogP contribution in [0.5, 0.6) is 0 Å². The molecule has 0 bridgehead atoms. The normalized spacial score (nSPS) is 23.8. The minimum atomic E-state index is 0.272. The van der Waals surface area contributed by atoms with Crippen LogP contribution in [0.1, 0.15) is 36.8 Å². The first-order valence-corrected chi connectivity index (χ1v) is 8.58. The Labute approximate surface area is 138 Å². The van der Waals surface area contributed by atoms with Gasteiger partial charge in [0.25, 0.3) is 0 Å². The van der Waals surface area contributed by atoms with E-state index in [4.69, 9.17) is 0 Å². The lowest BCUT2D eigenvalue weighted by atomic mass is 9.96. The van der Waals surface area contributed by atoms with Crippen molar-refractivity contribution in [2.45, 2.75) is 38.1 Å². The van der Waals surface area contributed by atoms with Crippen LogP contribution in [-0.4, -0.2) is 88.6 Å². The molecule has 2 aliphatic rings. The number of aromatic amines is 1. The van der Waals surface area contributed by atoms with E-state index in [1.54, 1.807) is 0 Å². The topological polar surface area (TPSA) is 68.4 Å². The predicted molar refractivity (Wildman–Crippen MR) is 88.2 cm³/mol. The van der Waals surface area contributed by atoms with E-state index < -0.39 is 0 Å². The number of carbonyl (C=O) groups excluding carboxylic acids is 1. The zero-order chi connectivity index (χ0) is 16.4. The highest BCUT2D eigenvalue weighted by Crippen LogP contribution is 2.25. The average Bonchev–Trinajstić information content (AvgIpc) is 3.16. The van der Waals surface area contributed by atoms with E-state index in [2.05, 4.69) is 39.1 Å². The van der Waals surface area contributed by atoms with E-state index in [0.29, 0.717) is 18.5 Å². The fraction of sp³-hybridized carbons (Fsp3) is 0.812. The first-order valence-electron chi connectivity index (χ1n) is 8.58. The van der Waals surface area contributed by atoms with Crippen molar-refractivity contribution in [1.29, 1.82) is 0 Å². The third-order valence-corrected chi connectivity index (χ3v) is 5.16. The number of likely N-dealkylation sites (N-methyl/N-ethyl adjacent to an activating group) is 1. The van der Waals surface area contributed by atoms with Crippen molar-refractivity contribution in [2.24, 2.45) is 0 Å². The van der Waals surface area contributed by atoms with Gasteiger partial charge in [0.2, 0.25) is 5.91 Å². The highest BCUT2D eigenvalue weighted by atomic mass is 16.2. The molecule has 2 fully saturated rings. The quantitative estimate of drug-likeness (QED) is 0.873. The summed E-state index contributed by atoms with van der Waals surface area (Å²) in [6, 6.07) is 0.586. The number of likely N-dealkylation sites (tertiary alicyclic amines) is 2. The predicted octanol–water partition coefficient (Wildman–Crippen LogP) is 0.455. The summed E-state index contributed by atoms with van der Waals surface area (Å²) in [5.41, 5.74) is 0. The van der Waals surface area contributed by atoms with Gasteiger partial charge in [-0.2, -0.15) is 5.10 Å². The second-order valence-electron chi connectivity index (χ2n) is 7.08. The number of hydrogen-bond donors (Lipinski definition) is 1. The Balaban J connectivity index is 1.45. The van der Waals surface area contributed by atoms with Gasteiger partial charge in [-0.05, 0) is 40.3 Å². The number of amides is 1. The molecule has 2 saturated heterocycles. The van der Waals surface area contributed by atoms with Crippen LogP contribution >= 0.6 is 0 Å². The van der Waals surface area contributed by atoms with E-state index in [9.17, 15) is 4.79 Å². The maximum Gasteiger partial charge on any atom is 0.236 e. The molecule has 2 aliphatic heterocycles. The zero-order valence-electron chi connectivity index (χ0n) is 14.5. The lowest BCUT2D eigenvalue weighted by molar-refractivity contribution is -0.133. The number of rotatable bonds is 4. The fourth-order valence-electron chi connectivity index (χ4n) is 3.60. The Morgan fingerprint density at radius 3 is 2.57 bits per heavy atom. The molecule has 0 aromatic carbocycles. The molecule has 1 N–H and O–H groups in total. The number of nitrogens with zero attached hydrogens (tertiary/aromatic N) is 5. The Morgan fingerprint density at radius 1 is 1.26 bits per heavy atom. The molecule has 3 heterocycles. The summed E-state index contributed by atoms with van der Waals surface area (Å²) in [7, 11) is 4.23. The van der Waals surface area contributed by atoms with Gasteiger partial charge in [-0.25, -0.2) is 4.98 Å². The number of hydrogen-bond acceptors (Lipinski definition) is 5. The SMILES string of the molecule is Cc1nc(C2CCN(C(=O)CN3CCC(N(C)C)C3)CC2)n[nH]1. The van der Waals surface area contributed by atoms with E-state index >= 15 is 0 Å². The summed E-state index contributed by atoms with van der Waals surface area (Å²) in [4.78, 5) is 23.5. The van der Waals surface area contributed by atoms with E-state index in [1.165, 1.54) is 0 Å². The van der Waals surface area contributed by atoms with Crippen LogP contribution in [0.4, 0.5) is 0 Å². The molecule has 1 aromatic heterocycles. The monoisotopic (exact) mass is 320 g/mol. The minimum Gasteiger partial charge on any atom is -0.342 e. The highest BCUT2D eigenvalue weighted by molar-refractivity contribution is 5.78. The number of carbonyl (C=O) groups is 1. The molecule has 0 saturated carbocycles. The lowest BCUT2D eigenvalue weighted by Crippen LogP contribution is -2.44. The van der Waals surface area contributed by atoms with Crippen LogP contribution in [0.15, 0.2) is 0 Å². The minimum absolute atomic E-state index is 0.272. The van der Waals surface area contributed by atoms with Crippen LogP contribution in [0, 0.1) is 6.92 Å². The highest BCUT2D eigenvalue weighted by Gasteiger charge is 2.29. The van der Waals surface area contributed by atoms with Crippen LogP contribution in [0.2, 0.25) is 0 Å². The number of nitrogens with one attached hydrogen (secondary N) is 1. The fourth-order valence-corrected chi connectivity index (χ4v) is 3.60. The van der Waals surface area contributed by atoms with Gasteiger partial charge in [-0.1, -0.05) is 0 Å². The Kier molecular flexibility index (Phi) is 4.96. The van der Waals surface area contributed by atoms with Crippen molar-refractivity contribution < 1.29 is 4.79 Å². The van der Waals surface area contributed by atoms with Gasteiger partial charge in [-0.15, -0.1) is 0 Å². The summed E-state index contributed by atoms with van der Waals surface area (Å²) < 4.78 is 0. The van der Waals surface area contributed by atoms with Gasteiger partial charge in [0.1, 0.15) is 5.82 Å². The molecular weight excluding hydrogens is 292 g/mol. The van der Waals surface area contributed by atoms with Crippen LogP contribution in [0.3, 0.4) is 0 Å². The molecule has 3 rings (SSSR count). The molecule has 0 radical (unpaired) electrons. The molecule has 128 valence electrons. The maximum absolute atomic E-state index is 12.5. The number of piperidine rings is 1. The second-order valence-corrected chi connectivity index (χ2v) is 7.08. The van der Waals surface area contributed by atoms with Crippen molar-refractivity contribution in [2.75, 3.05) is 46.8 Å². The lowest BCUT2D eigenvalue weighted by Gasteiger charge is -2.32. The van der Waals surface area contributed by atoms with Crippen molar-refractivity contribution in [3.8, 4) is 0 Å². The largest absolute Gasteiger partial charge is 0.342 e. The van der Waals surface area contributed by atoms with Gasteiger partial charge >= 0.3 is 0 Å². The Bertz CT molecular complexity index is 534. The standard InChI is InChI=1S/C16H28N6O/c1-12-17-16(19-18-12)13-4-8-22(9-5-13)15(23)11-21-7-6-14(10-21)20(2)3/h13-14H,4-11H2,1-3H3,(H,17,18,19). The smallest absolute Gasteiger partial charge is 0.236 e. The first-order chi connectivity index (χ1) is 11.0. The third kappa shape index (κ3) is 3.90. The van der Waals surface area contributed by atoms with E-state index in [1.807, 2.05) is 11.8 Å². The molecule has 1 atom stereocenters. The molecule has 7 heteroatoms. The van der Waals surface area contributed by atoms with Gasteiger partial charge < -0.3 is 9.80 Å². The Hall–Kier alpha value is -1.47. The number of H-pyrrole nitrogens is 1. The van der Waals surface area contributed by atoms with E-state index in [0.717, 1.165) is 57.1 Å². The van der Waals surface area contributed by atoms with Gasteiger partial charge in [-0.3, -0.25) is 14.8 Å². The molecule has 7 nitrogen and oxygen atoms in total. The molecule has 23 heavy (non-hydrogen) atoms. The van der Waals surface area contributed by atoms with Crippen molar-refractivity contribution in [3.63, 3.8) is 0 Å². The summed E-state index contributed by atoms with van der Waals surface area (Å²) in [5.74, 6) is 2.42. The van der Waals surface area contributed by atoms with Gasteiger partial charge in [0.15, 0.2) is 5.82 Å². The molecule has 0 spiro atoms. The average molecular weight is 320 g/mol. The number of aromatic nitrogens is 3. The summed E-state index contributed by atoms with van der Waals surface area (Å²) in [5, 5.41) is 7.17. The van der Waals surface area contributed by atoms with Gasteiger partial charge in [0, 0.05) is 38.1 Å². The van der Waals surface area contributed by atoms with Crippen molar-refractivity contribution >= 4 is 5.91 Å². The van der Waals surface area contributed by atoms with Crippen LogP contribution in [0.25, 0.3) is 0 Å². The van der Waals surface area contributed by atoms with Crippen molar-refractivity contribution in [1.82, 2.24) is 29.9 Å². The van der Waals surface area contributed by atoms with Crippen LogP contribution < -0.4 is 0 Å². The number of aryl methyl sites for hydroxylation is 1. The van der Waals surface area contributed by atoms with Gasteiger partial charge in [0.05, 0.1) is 6.54 Å². The summed E-state index contributed by atoms with van der Waals surface area (Å²) in [6.07, 6.45) is 3.08. The second kappa shape index (κ2) is 6.97. The zero-order valence-corrected chi connectivity index (χ0v) is 14.5.